The van der Waals surface area contributed by atoms with Gasteiger partial charge in [0, 0.05) is 12.0 Å². The third-order valence-corrected chi connectivity index (χ3v) is 2.55. The lowest BCUT2D eigenvalue weighted by molar-refractivity contribution is 0.471. The monoisotopic (exact) mass is 233 g/mol. The Morgan fingerprint density at radius 3 is 2.47 bits per heavy atom. The molecule has 0 fully saturated rings. The molecule has 0 heterocycles. The van der Waals surface area contributed by atoms with Crippen molar-refractivity contribution >= 4 is 11.6 Å². The maximum absolute atomic E-state index is 13.0. The summed E-state index contributed by atoms with van der Waals surface area (Å²) in [6.45, 7) is 4.50. The van der Waals surface area contributed by atoms with Crippen molar-refractivity contribution < 1.29 is 8.78 Å². The minimum Gasteiger partial charge on any atom is -0.303 e. The van der Waals surface area contributed by atoms with Gasteiger partial charge in [0.15, 0.2) is 11.6 Å². The Hall–Kier alpha value is -0.670. The Morgan fingerprint density at radius 1 is 1.27 bits per heavy atom. The van der Waals surface area contributed by atoms with Crippen LogP contribution in [0.5, 0.6) is 0 Å². The largest absolute Gasteiger partial charge is 0.303 e. The SMILES string of the molecule is CC(C)(CNCCl)c1ccc(F)c(F)c1. The van der Waals surface area contributed by atoms with E-state index in [2.05, 4.69) is 5.32 Å². The fourth-order valence-corrected chi connectivity index (χ4v) is 1.47. The highest BCUT2D eigenvalue weighted by molar-refractivity contribution is 6.17. The Labute approximate surface area is 93.4 Å². The van der Waals surface area contributed by atoms with Crippen LogP contribution in [0.15, 0.2) is 18.2 Å². The predicted molar refractivity (Wildman–Crippen MR) is 58.1 cm³/mol. The van der Waals surface area contributed by atoms with Crippen LogP contribution in [0.1, 0.15) is 19.4 Å². The van der Waals surface area contributed by atoms with Crippen LogP contribution < -0.4 is 5.32 Å². The van der Waals surface area contributed by atoms with E-state index in [9.17, 15) is 8.78 Å². The van der Waals surface area contributed by atoms with Crippen molar-refractivity contribution in [3.63, 3.8) is 0 Å². The summed E-state index contributed by atoms with van der Waals surface area (Å²) < 4.78 is 25.7. The lowest BCUT2D eigenvalue weighted by atomic mass is 9.84. The lowest BCUT2D eigenvalue weighted by Gasteiger charge is -2.25. The Morgan fingerprint density at radius 2 is 1.93 bits per heavy atom. The molecule has 0 saturated carbocycles. The number of benzene rings is 1. The highest BCUT2D eigenvalue weighted by atomic mass is 35.5. The summed E-state index contributed by atoms with van der Waals surface area (Å²) in [5.41, 5.74) is 0.475. The molecule has 0 aliphatic heterocycles. The molecule has 0 spiro atoms. The molecule has 0 aliphatic rings. The molecule has 1 nitrogen and oxygen atoms in total. The summed E-state index contributed by atoms with van der Waals surface area (Å²) in [4.78, 5) is 0. The highest BCUT2D eigenvalue weighted by Crippen LogP contribution is 2.23. The van der Waals surface area contributed by atoms with Gasteiger partial charge in [-0.05, 0) is 17.7 Å². The molecule has 0 unspecified atom stereocenters. The number of nitrogens with one attached hydrogen (secondary N) is 1. The lowest BCUT2D eigenvalue weighted by Crippen LogP contribution is -2.32. The van der Waals surface area contributed by atoms with E-state index in [1.165, 1.54) is 6.07 Å². The molecule has 15 heavy (non-hydrogen) atoms. The van der Waals surface area contributed by atoms with E-state index in [1.54, 1.807) is 6.07 Å². The zero-order valence-corrected chi connectivity index (χ0v) is 9.54. The van der Waals surface area contributed by atoms with Crippen LogP contribution in [0.4, 0.5) is 8.78 Å². The maximum Gasteiger partial charge on any atom is 0.159 e. The molecule has 0 bridgehead atoms. The van der Waals surface area contributed by atoms with E-state index >= 15 is 0 Å². The summed E-state index contributed by atoms with van der Waals surface area (Å²) in [5, 5.41) is 2.97. The van der Waals surface area contributed by atoms with Gasteiger partial charge in [-0.25, -0.2) is 8.78 Å². The molecule has 4 heteroatoms. The van der Waals surface area contributed by atoms with Crippen molar-refractivity contribution in [3.05, 3.63) is 35.4 Å². The maximum atomic E-state index is 13.0. The van der Waals surface area contributed by atoms with Crippen LogP contribution >= 0.6 is 11.6 Å². The summed E-state index contributed by atoms with van der Waals surface area (Å²) in [6.07, 6.45) is 0. The van der Waals surface area contributed by atoms with Crippen LogP contribution in [-0.4, -0.2) is 12.5 Å². The van der Waals surface area contributed by atoms with Crippen LogP contribution in [0, 0.1) is 11.6 Å². The summed E-state index contributed by atoms with van der Waals surface area (Å²) in [7, 11) is 0. The van der Waals surface area contributed by atoms with Crippen LogP contribution in [0.25, 0.3) is 0 Å². The second-order valence-electron chi connectivity index (χ2n) is 4.07. The molecule has 0 amide bonds. The topological polar surface area (TPSA) is 12.0 Å². The van der Waals surface area contributed by atoms with Gasteiger partial charge >= 0.3 is 0 Å². The molecule has 0 aromatic heterocycles. The Balaban J connectivity index is 2.89. The van der Waals surface area contributed by atoms with Gasteiger partial charge in [-0.1, -0.05) is 19.9 Å². The second-order valence-corrected chi connectivity index (χ2v) is 4.34. The van der Waals surface area contributed by atoms with Crippen LogP contribution in [0.3, 0.4) is 0 Å². The number of hydrogen-bond donors (Lipinski definition) is 1. The normalized spacial score (nSPS) is 11.8. The van der Waals surface area contributed by atoms with Gasteiger partial charge in [0.05, 0.1) is 6.00 Å². The van der Waals surface area contributed by atoms with E-state index in [0.29, 0.717) is 12.5 Å². The quantitative estimate of drug-likeness (QED) is 0.623. The molecule has 1 rings (SSSR count). The average molecular weight is 234 g/mol. The molecule has 1 aromatic carbocycles. The Kier molecular flexibility index (Phi) is 4.05. The van der Waals surface area contributed by atoms with Crippen LogP contribution in [0.2, 0.25) is 0 Å². The fraction of sp³-hybridized carbons (Fsp3) is 0.455. The third kappa shape index (κ3) is 3.14. The van der Waals surface area contributed by atoms with Crippen molar-refractivity contribution in [1.82, 2.24) is 5.32 Å². The van der Waals surface area contributed by atoms with Crippen LogP contribution in [-0.2, 0) is 5.41 Å². The first-order chi connectivity index (χ1) is 6.97. The molecule has 0 aliphatic carbocycles. The Bertz CT molecular complexity index is 339. The first-order valence-electron chi connectivity index (χ1n) is 4.69. The zero-order chi connectivity index (χ0) is 11.5. The number of hydrogen-bond acceptors (Lipinski definition) is 1. The van der Waals surface area contributed by atoms with Gasteiger partial charge in [-0.15, -0.1) is 11.6 Å². The minimum atomic E-state index is -0.820. The van der Waals surface area contributed by atoms with Gasteiger partial charge in [0.25, 0.3) is 0 Å². The first kappa shape index (κ1) is 12.4. The van der Waals surface area contributed by atoms with Gasteiger partial charge in [0.1, 0.15) is 0 Å². The molecule has 1 aromatic rings. The molecule has 0 saturated heterocycles. The molecular weight excluding hydrogens is 220 g/mol. The predicted octanol–water partition coefficient (Wildman–Crippen LogP) is 3.03. The van der Waals surface area contributed by atoms with Gasteiger partial charge in [0.2, 0.25) is 0 Å². The number of halogens is 3. The van der Waals surface area contributed by atoms with Crippen molar-refractivity contribution in [2.75, 3.05) is 12.5 Å². The van der Waals surface area contributed by atoms with Gasteiger partial charge < -0.3 is 5.32 Å². The molecule has 0 radical (unpaired) electrons. The molecule has 1 N–H and O–H groups in total. The number of alkyl halides is 1. The van der Waals surface area contributed by atoms with Crippen molar-refractivity contribution in [2.24, 2.45) is 0 Å². The fourth-order valence-electron chi connectivity index (χ4n) is 1.38. The molecular formula is C11H14ClF2N. The van der Waals surface area contributed by atoms with Crippen molar-refractivity contribution in [3.8, 4) is 0 Å². The standard InChI is InChI=1S/C11H14ClF2N/c1-11(2,6-15-7-12)8-3-4-9(13)10(14)5-8/h3-5,15H,6-7H2,1-2H3. The van der Waals surface area contributed by atoms with E-state index in [1.807, 2.05) is 13.8 Å². The van der Waals surface area contributed by atoms with Gasteiger partial charge in [-0.3, -0.25) is 0 Å². The second kappa shape index (κ2) is 4.90. The molecule has 84 valence electrons. The van der Waals surface area contributed by atoms with E-state index in [0.717, 1.165) is 11.6 Å². The van der Waals surface area contributed by atoms with E-state index < -0.39 is 11.6 Å². The number of rotatable bonds is 4. The average Bonchev–Trinajstić information content (AvgIpc) is 2.19. The zero-order valence-electron chi connectivity index (χ0n) is 8.78. The highest BCUT2D eigenvalue weighted by Gasteiger charge is 2.21. The summed E-state index contributed by atoms with van der Waals surface area (Å²) in [6, 6.07) is 4.31. The van der Waals surface area contributed by atoms with E-state index in [4.69, 9.17) is 11.6 Å². The first-order valence-corrected chi connectivity index (χ1v) is 5.23. The molecule has 0 atom stereocenters. The van der Waals surface area contributed by atoms with Crippen molar-refractivity contribution in [2.45, 2.75) is 19.3 Å². The summed E-state index contributed by atoms with van der Waals surface area (Å²) >= 11 is 5.51. The smallest absolute Gasteiger partial charge is 0.159 e. The minimum absolute atomic E-state index is 0.274. The summed E-state index contributed by atoms with van der Waals surface area (Å²) in [5.74, 6) is -1.63. The van der Waals surface area contributed by atoms with Gasteiger partial charge in [-0.2, -0.15) is 0 Å². The van der Waals surface area contributed by atoms with E-state index in [-0.39, 0.29) is 5.41 Å². The van der Waals surface area contributed by atoms with Crippen molar-refractivity contribution in [1.29, 1.82) is 0 Å². The third-order valence-electron chi connectivity index (χ3n) is 2.36.